The monoisotopic (exact) mass is 243 g/mol. The highest BCUT2D eigenvalue weighted by molar-refractivity contribution is 9.10. The molecule has 3 nitrogen and oxygen atoms in total. The minimum atomic E-state index is -0.880. The molecule has 0 aromatic heterocycles. The lowest BCUT2D eigenvalue weighted by molar-refractivity contribution is -0.139. The zero-order valence-electron chi connectivity index (χ0n) is 7.12. The van der Waals surface area contributed by atoms with Gasteiger partial charge in [-0.05, 0) is 18.7 Å². The third-order valence-electron chi connectivity index (χ3n) is 1.75. The van der Waals surface area contributed by atoms with Crippen molar-refractivity contribution in [2.45, 2.75) is 6.04 Å². The Kier molecular flexibility index (Phi) is 3.45. The largest absolute Gasteiger partial charge is 0.480 e. The number of hydrogen-bond donors (Lipinski definition) is 2. The number of aliphatic carboxylic acids is 1. The Morgan fingerprint density at radius 2 is 2.15 bits per heavy atom. The lowest BCUT2D eigenvalue weighted by Crippen LogP contribution is -2.25. The quantitative estimate of drug-likeness (QED) is 0.852. The smallest absolute Gasteiger partial charge is 0.325 e. The van der Waals surface area contributed by atoms with Crippen molar-refractivity contribution in [1.29, 1.82) is 0 Å². The fraction of sp³-hybridized carbons (Fsp3) is 0.222. The lowest BCUT2D eigenvalue weighted by atomic mass is 10.1. The van der Waals surface area contributed by atoms with Crippen LogP contribution in [-0.2, 0) is 4.79 Å². The normalized spacial score (nSPS) is 12.5. The van der Waals surface area contributed by atoms with E-state index in [2.05, 4.69) is 21.2 Å². The van der Waals surface area contributed by atoms with Gasteiger partial charge in [-0.2, -0.15) is 0 Å². The summed E-state index contributed by atoms with van der Waals surface area (Å²) in [5.41, 5.74) is 0.734. The average Bonchev–Trinajstić information content (AvgIpc) is 2.09. The van der Waals surface area contributed by atoms with Crippen molar-refractivity contribution in [3.63, 3.8) is 0 Å². The van der Waals surface area contributed by atoms with Gasteiger partial charge in [0.25, 0.3) is 0 Å². The van der Waals surface area contributed by atoms with E-state index >= 15 is 0 Å². The Balaban J connectivity index is 3.04. The summed E-state index contributed by atoms with van der Waals surface area (Å²) in [6.07, 6.45) is 0. The molecule has 0 unspecified atom stereocenters. The summed E-state index contributed by atoms with van der Waals surface area (Å²) >= 11 is 3.30. The van der Waals surface area contributed by atoms with E-state index in [1.165, 1.54) is 0 Å². The predicted octanol–water partition coefficient (Wildman–Crippen LogP) is 1.79. The Bertz CT molecular complexity index is 314. The van der Waals surface area contributed by atoms with Crippen LogP contribution in [0.4, 0.5) is 0 Å². The number of carboxylic acids is 1. The van der Waals surface area contributed by atoms with E-state index in [9.17, 15) is 4.79 Å². The van der Waals surface area contributed by atoms with E-state index in [-0.39, 0.29) is 0 Å². The summed E-state index contributed by atoms with van der Waals surface area (Å²) in [4.78, 5) is 10.8. The first-order chi connectivity index (χ1) is 6.16. The van der Waals surface area contributed by atoms with Crippen molar-refractivity contribution in [3.05, 3.63) is 34.3 Å². The van der Waals surface area contributed by atoms with Gasteiger partial charge in [-0.15, -0.1) is 0 Å². The summed E-state index contributed by atoms with van der Waals surface area (Å²) < 4.78 is 0.803. The van der Waals surface area contributed by atoms with Gasteiger partial charge in [0.2, 0.25) is 0 Å². The molecule has 0 aliphatic carbocycles. The van der Waals surface area contributed by atoms with Crippen molar-refractivity contribution in [3.8, 4) is 0 Å². The molecule has 0 aliphatic rings. The predicted molar refractivity (Wildman–Crippen MR) is 53.6 cm³/mol. The standard InChI is InChI=1S/C9H10BrNO2/c1-11-8(9(12)13)6-4-2-3-5-7(6)10/h2-5,8,11H,1H3,(H,12,13)/t8-/m0/s1. The van der Waals surface area contributed by atoms with Crippen LogP contribution in [0.2, 0.25) is 0 Å². The fourth-order valence-corrected chi connectivity index (χ4v) is 1.63. The first-order valence-corrected chi connectivity index (χ1v) is 4.60. The summed E-state index contributed by atoms with van der Waals surface area (Å²) in [5.74, 6) is -0.880. The summed E-state index contributed by atoms with van der Waals surface area (Å²) in [7, 11) is 1.62. The molecule has 1 aromatic carbocycles. The van der Waals surface area contributed by atoms with Gasteiger partial charge in [-0.3, -0.25) is 4.79 Å². The van der Waals surface area contributed by atoms with Crippen LogP contribution < -0.4 is 5.32 Å². The molecule has 4 heteroatoms. The molecule has 0 spiro atoms. The zero-order valence-corrected chi connectivity index (χ0v) is 8.71. The molecule has 2 N–H and O–H groups in total. The molecular formula is C9H10BrNO2. The molecular weight excluding hydrogens is 234 g/mol. The van der Waals surface area contributed by atoms with Gasteiger partial charge >= 0.3 is 5.97 Å². The third-order valence-corrected chi connectivity index (χ3v) is 2.47. The molecule has 0 amide bonds. The van der Waals surface area contributed by atoms with Crippen LogP contribution in [0.15, 0.2) is 28.7 Å². The molecule has 0 saturated heterocycles. The molecule has 0 aliphatic heterocycles. The number of halogens is 1. The van der Waals surface area contributed by atoms with E-state index in [0.29, 0.717) is 0 Å². The highest BCUT2D eigenvalue weighted by Gasteiger charge is 2.18. The molecule has 0 fully saturated rings. The molecule has 0 saturated carbocycles. The maximum atomic E-state index is 10.8. The van der Waals surface area contributed by atoms with Gasteiger partial charge in [-0.1, -0.05) is 34.1 Å². The average molecular weight is 244 g/mol. The highest BCUT2D eigenvalue weighted by Crippen LogP contribution is 2.22. The molecule has 70 valence electrons. The van der Waals surface area contributed by atoms with Crippen molar-refractivity contribution < 1.29 is 9.90 Å². The van der Waals surface area contributed by atoms with Crippen LogP contribution in [0.3, 0.4) is 0 Å². The van der Waals surface area contributed by atoms with E-state index in [1.54, 1.807) is 13.1 Å². The molecule has 0 bridgehead atoms. The SMILES string of the molecule is CN[C@H](C(=O)O)c1ccccc1Br. The summed E-state index contributed by atoms with van der Waals surface area (Å²) in [5, 5.41) is 11.6. The van der Waals surface area contributed by atoms with Gasteiger partial charge in [0, 0.05) is 4.47 Å². The molecule has 0 radical (unpaired) electrons. The Labute approximate surface area is 84.9 Å². The number of nitrogens with one attached hydrogen (secondary N) is 1. The maximum absolute atomic E-state index is 10.8. The van der Waals surface area contributed by atoms with Gasteiger partial charge in [0.05, 0.1) is 0 Å². The van der Waals surface area contributed by atoms with Crippen LogP contribution in [0.5, 0.6) is 0 Å². The van der Waals surface area contributed by atoms with Gasteiger partial charge < -0.3 is 10.4 Å². The van der Waals surface area contributed by atoms with Crippen LogP contribution in [-0.4, -0.2) is 18.1 Å². The second-order valence-electron chi connectivity index (χ2n) is 2.58. The minimum Gasteiger partial charge on any atom is -0.480 e. The Morgan fingerprint density at radius 1 is 1.54 bits per heavy atom. The molecule has 13 heavy (non-hydrogen) atoms. The Hall–Kier alpha value is -0.870. The molecule has 1 aromatic rings. The maximum Gasteiger partial charge on any atom is 0.325 e. The number of carbonyl (C=O) groups is 1. The second-order valence-corrected chi connectivity index (χ2v) is 3.44. The summed E-state index contributed by atoms with van der Waals surface area (Å²) in [6, 6.07) is 6.60. The number of rotatable bonds is 3. The van der Waals surface area contributed by atoms with Gasteiger partial charge in [0.1, 0.15) is 6.04 Å². The Morgan fingerprint density at radius 3 is 2.62 bits per heavy atom. The van der Waals surface area contributed by atoms with Crippen LogP contribution in [0, 0.1) is 0 Å². The topological polar surface area (TPSA) is 49.3 Å². The lowest BCUT2D eigenvalue weighted by Gasteiger charge is -2.12. The fourth-order valence-electron chi connectivity index (χ4n) is 1.12. The third kappa shape index (κ3) is 2.29. The van der Waals surface area contributed by atoms with Crippen molar-refractivity contribution in [2.75, 3.05) is 7.05 Å². The van der Waals surface area contributed by atoms with Crippen LogP contribution in [0.25, 0.3) is 0 Å². The molecule has 0 heterocycles. The number of likely N-dealkylation sites (N-methyl/N-ethyl adjacent to an activating group) is 1. The van der Waals surface area contributed by atoms with Crippen molar-refractivity contribution in [1.82, 2.24) is 5.32 Å². The van der Waals surface area contributed by atoms with E-state index in [4.69, 9.17) is 5.11 Å². The van der Waals surface area contributed by atoms with E-state index in [0.717, 1.165) is 10.0 Å². The van der Waals surface area contributed by atoms with Gasteiger partial charge in [-0.25, -0.2) is 0 Å². The molecule has 1 rings (SSSR count). The number of hydrogen-bond acceptors (Lipinski definition) is 2. The van der Waals surface area contributed by atoms with Crippen molar-refractivity contribution in [2.24, 2.45) is 0 Å². The first-order valence-electron chi connectivity index (χ1n) is 3.81. The van der Waals surface area contributed by atoms with Crippen LogP contribution >= 0.6 is 15.9 Å². The summed E-state index contributed by atoms with van der Waals surface area (Å²) in [6.45, 7) is 0. The van der Waals surface area contributed by atoms with E-state index < -0.39 is 12.0 Å². The van der Waals surface area contributed by atoms with Crippen molar-refractivity contribution >= 4 is 21.9 Å². The van der Waals surface area contributed by atoms with E-state index in [1.807, 2.05) is 18.2 Å². The van der Waals surface area contributed by atoms with Gasteiger partial charge in [0.15, 0.2) is 0 Å². The first kappa shape index (κ1) is 10.2. The minimum absolute atomic E-state index is 0.657. The highest BCUT2D eigenvalue weighted by atomic mass is 79.9. The van der Waals surface area contributed by atoms with Crippen LogP contribution in [0.1, 0.15) is 11.6 Å². The second kappa shape index (κ2) is 4.39. The zero-order chi connectivity index (χ0) is 9.84. The number of carboxylic acid groups (broad SMARTS) is 1. The molecule has 1 atom stereocenters. The number of benzene rings is 1.